The van der Waals surface area contributed by atoms with E-state index >= 15 is 0 Å². The highest BCUT2D eigenvalue weighted by atomic mass is 16.5. The number of aromatic nitrogens is 2. The standard InChI is InChI=1S/C19H21N3O4/c1-14-20-17-8-4-3-7-16(17)19(24)22(14)13-18(23)21(9-11-25-2)12-15-6-5-10-26-15/h3-8,10H,9,11-13H2,1-2H3. The van der Waals surface area contributed by atoms with Crippen molar-refractivity contribution in [2.24, 2.45) is 0 Å². The van der Waals surface area contributed by atoms with Gasteiger partial charge in [0.2, 0.25) is 5.91 Å². The Hall–Kier alpha value is -2.93. The Morgan fingerprint density at radius 1 is 1.27 bits per heavy atom. The zero-order valence-corrected chi connectivity index (χ0v) is 14.8. The second kappa shape index (κ2) is 7.97. The van der Waals surface area contributed by atoms with Crippen molar-refractivity contribution >= 4 is 16.8 Å². The highest BCUT2D eigenvalue weighted by molar-refractivity contribution is 5.79. The van der Waals surface area contributed by atoms with E-state index in [4.69, 9.17) is 9.15 Å². The van der Waals surface area contributed by atoms with E-state index in [0.717, 1.165) is 0 Å². The maximum absolute atomic E-state index is 12.8. The van der Waals surface area contributed by atoms with Gasteiger partial charge in [0.15, 0.2) is 0 Å². The first kappa shape index (κ1) is 17.9. The average Bonchev–Trinajstić information content (AvgIpc) is 3.15. The van der Waals surface area contributed by atoms with E-state index < -0.39 is 0 Å². The number of fused-ring (bicyclic) bond motifs is 1. The topological polar surface area (TPSA) is 77.6 Å². The van der Waals surface area contributed by atoms with Crippen LogP contribution in [0, 0.1) is 6.92 Å². The summed E-state index contributed by atoms with van der Waals surface area (Å²) in [6.45, 7) is 2.78. The summed E-state index contributed by atoms with van der Waals surface area (Å²) < 4.78 is 11.8. The van der Waals surface area contributed by atoms with E-state index in [9.17, 15) is 9.59 Å². The van der Waals surface area contributed by atoms with Crippen LogP contribution in [0.15, 0.2) is 51.9 Å². The third-order valence-electron chi connectivity index (χ3n) is 4.19. The molecule has 3 aromatic rings. The van der Waals surface area contributed by atoms with Crippen molar-refractivity contribution in [3.63, 3.8) is 0 Å². The molecule has 0 aliphatic heterocycles. The molecular formula is C19H21N3O4. The molecule has 7 heteroatoms. The predicted molar refractivity (Wildman–Crippen MR) is 96.7 cm³/mol. The Morgan fingerprint density at radius 3 is 2.81 bits per heavy atom. The molecule has 0 spiro atoms. The molecule has 0 fully saturated rings. The lowest BCUT2D eigenvalue weighted by molar-refractivity contribution is -0.133. The SMILES string of the molecule is COCCN(Cc1ccco1)C(=O)Cn1c(C)nc2ccccc2c1=O. The van der Waals surface area contributed by atoms with Gasteiger partial charge in [0.1, 0.15) is 18.1 Å². The number of rotatable bonds is 7. The Balaban J connectivity index is 1.86. The molecule has 26 heavy (non-hydrogen) atoms. The fraction of sp³-hybridized carbons (Fsp3) is 0.316. The van der Waals surface area contributed by atoms with Crippen molar-refractivity contribution in [1.82, 2.24) is 14.5 Å². The smallest absolute Gasteiger partial charge is 0.261 e. The van der Waals surface area contributed by atoms with Crippen LogP contribution in [-0.4, -0.2) is 40.6 Å². The van der Waals surface area contributed by atoms with Gasteiger partial charge in [-0.25, -0.2) is 4.98 Å². The average molecular weight is 355 g/mol. The molecule has 2 heterocycles. The maximum atomic E-state index is 12.8. The van der Waals surface area contributed by atoms with Gasteiger partial charge < -0.3 is 14.1 Å². The lowest BCUT2D eigenvalue weighted by atomic mass is 10.2. The minimum absolute atomic E-state index is 0.0765. The van der Waals surface area contributed by atoms with Crippen LogP contribution < -0.4 is 5.56 Å². The number of nitrogens with zero attached hydrogens (tertiary/aromatic N) is 3. The number of benzene rings is 1. The minimum atomic E-state index is -0.217. The normalized spacial score (nSPS) is 11.0. The second-order valence-electron chi connectivity index (χ2n) is 5.95. The summed E-state index contributed by atoms with van der Waals surface area (Å²) >= 11 is 0. The minimum Gasteiger partial charge on any atom is -0.467 e. The van der Waals surface area contributed by atoms with Crippen molar-refractivity contribution in [3.8, 4) is 0 Å². The molecule has 0 aliphatic carbocycles. The lowest BCUT2D eigenvalue weighted by Crippen LogP contribution is -2.38. The molecule has 0 saturated heterocycles. The van der Waals surface area contributed by atoms with Crippen LogP contribution in [-0.2, 0) is 22.6 Å². The molecule has 0 N–H and O–H groups in total. The van der Waals surface area contributed by atoms with Gasteiger partial charge in [0.05, 0.1) is 30.3 Å². The first-order valence-corrected chi connectivity index (χ1v) is 8.35. The molecule has 1 amide bonds. The molecular weight excluding hydrogens is 334 g/mol. The van der Waals surface area contributed by atoms with Gasteiger partial charge in [-0.2, -0.15) is 0 Å². The monoisotopic (exact) mass is 355 g/mol. The molecule has 1 aromatic carbocycles. The number of ether oxygens (including phenoxy) is 1. The molecule has 7 nitrogen and oxygen atoms in total. The van der Waals surface area contributed by atoms with Crippen LogP contribution >= 0.6 is 0 Å². The van der Waals surface area contributed by atoms with Crippen LogP contribution in [0.3, 0.4) is 0 Å². The van der Waals surface area contributed by atoms with Crippen LogP contribution in [0.2, 0.25) is 0 Å². The molecule has 0 radical (unpaired) electrons. The first-order chi connectivity index (χ1) is 12.6. The fourth-order valence-corrected chi connectivity index (χ4v) is 2.78. The Labute approximate surface area is 150 Å². The highest BCUT2D eigenvalue weighted by Crippen LogP contribution is 2.09. The molecule has 0 atom stereocenters. The van der Waals surface area contributed by atoms with Crippen LogP contribution in [0.25, 0.3) is 10.9 Å². The number of aryl methyl sites for hydroxylation is 1. The van der Waals surface area contributed by atoms with E-state index in [1.54, 1.807) is 49.5 Å². The Morgan fingerprint density at radius 2 is 2.08 bits per heavy atom. The second-order valence-corrected chi connectivity index (χ2v) is 5.95. The summed E-state index contributed by atoms with van der Waals surface area (Å²) in [5.74, 6) is 0.989. The van der Waals surface area contributed by atoms with Crippen LogP contribution in [0.5, 0.6) is 0 Å². The van der Waals surface area contributed by atoms with Crippen molar-refractivity contribution in [2.75, 3.05) is 20.3 Å². The van der Waals surface area contributed by atoms with Crippen LogP contribution in [0.1, 0.15) is 11.6 Å². The van der Waals surface area contributed by atoms with E-state index in [1.165, 1.54) is 4.57 Å². The van der Waals surface area contributed by atoms with Gasteiger partial charge in [-0.15, -0.1) is 0 Å². The largest absolute Gasteiger partial charge is 0.467 e. The van der Waals surface area contributed by atoms with Gasteiger partial charge in [-0.3, -0.25) is 14.2 Å². The predicted octanol–water partition coefficient (Wildman–Crippen LogP) is 1.97. The maximum Gasteiger partial charge on any atom is 0.261 e. The third kappa shape index (κ3) is 3.83. The lowest BCUT2D eigenvalue weighted by Gasteiger charge is -2.22. The summed E-state index contributed by atoms with van der Waals surface area (Å²) in [5, 5.41) is 0.500. The Bertz CT molecular complexity index is 947. The van der Waals surface area contributed by atoms with E-state index in [0.29, 0.717) is 42.2 Å². The van der Waals surface area contributed by atoms with Gasteiger partial charge in [0, 0.05) is 13.7 Å². The van der Waals surface area contributed by atoms with E-state index in [2.05, 4.69) is 4.98 Å². The first-order valence-electron chi connectivity index (χ1n) is 8.35. The van der Waals surface area contributed by atoms with Crippen LogP contribution in [0.4, 0.5) is 0 Å². The summed E-state index contributed by atoms with van der Waals surface area (Å²) in [6, 6.07) is 10.7. The summed E-state index contributed by atoms with van der Waals surface area (Å²) in [6.07, 6.45) is 1.57. The zero-order chi connectivity index (χ0) is 18.5. The summed E-state index contributed by atoms with van der Waals surface area (Å²) in [7, 11) is 1.58. The summed E-state index contributed by atoms with van der Waals surface area (Å²) in [5.41, 5.74) is 0.414. The van der Waals surface area contributed by atoms with E-state index in [1.807, 2.05) is 12.1 Å². The highest BCUT2D eigenvalue weighted by Gasteiger charge is 2.18. The molecule has 136 valence electrons. The zero-order valence-electron chi connectivity index (χ0n) is 14.8. The summed E-state index contributed by atoms with van der Waals surface area (Å²) in [4.78, 5) is 31.6. The molecule has 0 aliphatic rings. The fourth-order valence-electron chi connectivity index (χ4n) is 2.78. The third-order valence-corrected chi connectivity index (χ3v) is 4.19. The van der Waals surface area contributed by atoms with Crippen molar-refractivity contribution in [3.05, 3.63) is 64.6 Å². The number of hydrogen-bond acceptors (Lipinski definition) is 5. The quantitative estimate of drug-likeness (QED) is 0.648. The molecule has 2 aromatic heterocycles. The number of amides is 1. The van der Waals surface area contributed by atoms with E-state index in [-0.39, 0.29) is 18.0 Å². The van der Waals surface area contributed by atoms with Gasteiger partial charge in [-0.1, -0.05) is 12.1 Å². The Kier molecular flexibility index (Phi) is 5.48. The molecule has 0 bridgehead atoms. The number of para-hydroxylation sites is 1. The molecule has 0 saturated carbocycles. The number of hydrogen-bond donors (Lipinski definition) is 0. The number of furan rings is 1. The van der Waals surface area contributed by atoms with Gasteiger partial charge in [-0.05, 0) is 31.2 Å². The number of carbonyl (C=O) groups excluding carboxylic acids is 1. The van der Waals surface area contributed by atoms with Crippen molar-refractivity contribution < 1.29 is 13.9 Å². The van der Waals surface area contributed by atoms with Gasteiger partial charge >= 0.3 is 0 Å². The van der Waals surface area contributed by atoms with Crippen molar-refractivity contribution in [2.45, 2.75) is 20.0 Å². The number of methoxy groups -OCH3 is 1. The van der Waals surface area contributed by atoms with Crippen molar-refractivity contribution in [1.29, 1.82) is 0 Å². The van der Waals surface area contributed by atoms with Gasteiger partial charge in [0.25, 0.3) is 5.56 Å². The molecule has 3 rings (SSSR count). The number of carbonyl (C=O) groups is 1. The molecule has 0 unspecified atom stereocenters.